The minimum Gasteiger partial charge on any atom is -0.330 e. The van der Waals surface area contributed by atoms with E-state index in [0.717, 1.165) is 25.4 Å². The molecule has 0 spiro atoms. The highest BCUT2D eigenvalue weighted by atomic mass is 15.1. The van der Waals surface area contributed by atoms with E-state index < -0.39 is 0 Å². The third kappa shape index (κ3) is 4.25. The Morgan fingerprint density at radius 1 is 0.958 bits per heavy atom. The fourth-order valence-corrected chi connectivity index (χ4v) is 3.96. The average Bonchev–Trinajstić information content (AvgIpc) is 2.65. The zero-order valence-electron chi connectivity index (χ0n) is 14.8. The van der Waals surface area contributed by atoms with Gasteiger partial charge in [-0.1, -0.05) is 61.5 Å². The maximum atomic E-state index is 6.15. The molecule has 0 bridgehead atoms. The van der Waals surface area contributed by atoms with E-state index in [0.29, 0.717) is 5.92 Å². The third-order valence-corrected chi connectivity index (χ3v) is 5.52. The lowest BCUT2D eigenvalue weighted by molar-refractivity contribution is 0.163. The Labute approximate surface area is 146 Å². The van der Waals surface area contributed by atoms with Crippen LogP contribution in [0, 0.1) is 5.92 Å². The number of nitrogens with two attached hydrogens (primary N) is 1. The molecule has 2 heteroatoms. The number of rotatable bonds is 6. The van der Waals surface area contributed by atoms with Crippen LogP contribution in [0.3, 0.4) is 0 Å². The molecule has 1 aliphatic rings. The zero-order valence-corrected chi connectivity index (χ0v) is 14.8. The molecule has 128 valence electrons. The summed E-state index contributed by atoms with van der Waals surface area (Å²) in [6, 6.07) is 19.9. The van der Waals surface area contributed by atoms with Crippen LogP contribution in [-0.4, -0.2) is 24.5 Å². The Hall–Kier alpha value is -1.64. The number of piperidine rings is 1. The molecule has 1 unspecified atom stereocenters. The van der Waals surface area contributed by atoms with Crippen molar-refractivity contribution < 1.29 is 0 Å². The predicted molar refractivity (Wildman–Crippen MR) is 102 cm³/mol. The molecule has 3 rings (SSSR count). The van der Waals surface area contributed by atoms with Crippen LogP contribution in [0.1, 0.15) is 42.4 Å². The summed E-state index contributed by atoms with van der Waals surface area (Å²) in [6.07, 6.45) is 3.61. The summed E-state index contributed by atoms with van der Waals surface area (Å²) in [7, 11) is 0. The van der Waals surface area contributed by atoms with Crippen molar-refractivity contribution >= 4 is 0 Å². The van der Waals surface area contributed by atoms with Gasteiger partial charge < -0.3 is 5.73 Å². The molecular weight excluding hydrogens is 292 g/mol. The van der Waals surface area contributed by atoms with Crippen molar-refractivity contribution in [2.24, 2.45) is 11.7 Å². The predicted octanol–water partition coefficient (Wildman–Crippen LogP) is 4.20. The first-order valence-corrected chi connectivity index (χ1v) is 9.35. The Balaban J connectivity index is 1.57. The van der Waals surface area contributed by atoms with Gasteiger partial charge in [0.15, 0.2) is 0 Å². The van der Waals surface area contributed by atoms with Crippen molar-refractivity contribution in [3.8, 4) is 0 Å². The number of hydrogen-bond acceptors (Lipinski definition) is 2. The first-order chi connectivity index (χ1) is 11.8. The van der Waals surface area contributed by atoms with Crippen LogP contribution < -0.4 is 5.73 Å². The Bertz CT molecular complexity index is 598. The second-order valence-corrected chi connectivity index (χ2v) is 7.04. The van der Waals surface area contributed by atoms with Crippen LogP contribution in [0.5, 0.6) is 0 Å². The highest BCUT2D eigenvalue weighted by Gasteiger charge is 2.26. The molecule has 1 heterocycles. The lowest BCUT2D eigenvalue weighted by Gasteiger charge is -2.36. The molecule has 0 radical (unpaired) electrons. The van der Waals surface area contributed by atoms with Crippen LogP contribution in [-0.2, 0) is 13.0 Å². The minimum absolute atomic E-state index is 0.509. The van der Waals surface area contributed by atoms with E-state index in [4.69, 9.17) is 5.73 Å². The SMILES string of the molecule is CCc1ccc(C(CN)C2CCN(Cc3ccccc3)CC2)cc1. The highest BCUT2D eigenvalue weighted by Crippen LogP contribution is 2.32. The molecule has 2 aromatic rings. The summed E-state index contributed by atoms with van der Waals surface area (Å²) < 4.78 is 0. The monoisotopic (exact) mass is 322 g/mol. The largest absolute Gasteiger partial charge is 0.330 e. The van der Waals surface area contributed by atoms with Gasteiger partial charge in [-0.05, 0) is 67.4 Å². The van der Waals surface area contributed by atoms with Crippen molar-refractivity contribution in [2.45, 2.75) is 38.6 Å². The van der Waals surface area contributed by atoms with Crippen molar-refractivity contribution in [1.29, 1.82) is 0 Å². The molecule has 1 atom stereocenters. The third-order valence-electron chi connectivity index (χ3n) is 5.52. The van der Waals surface area contributed by atoms with Crippen molar-refractivity contribution in [3.63, 3.8) is 0 Å². The fourth-order valence-electron chi connectivity index (χ4n) is 3.96. The maximum Gasteiger partial charge on any atom is 0.0233 e. The molecule has 0 amide bonds. The van der Waals surface area contributed by atoms with E-state index in [-0.39, 0.29) is 0 Å². The number of hydrogen-bond donors (Lipinski definition) is 1. The topological polar surface area (TPSA) is 29.3 Å². The molecular formula is C22H30N2. The zero-order chi connectivity index (χ0) is 16.8. The number of aryl methyl sites for hydroxylation is 1. The molecule has 2 nitrogen and oxygen atoms in total. The first kappa shape index (κ1) is 17.2. The quantitative estimate of drug-likeness (QED) is 0.863. The van der Waals surface area contributed by atoms with Gasteiger partial charge in [-0.25, -0.2) is 0 Å². The summed E-state index contributed by atoms with van der Waals surface area (Å²) in [6.45, 7) is 6.41. The number of benzene rings is 2. The van der Waals surface area contributed by atoms with Crippen molar-refractivity contribution in [2.75, 3.05) is 19.6 Å². The molecule has 0 aliphatic carbocycles. The highest BCUT2D eigenvalue weighted by molar-refractivity contribution is 5.26. The molecule has 1 fully saturated rings. The molecule has 2 N–H and O–H groups in total. The standard InChI is InChI=1S/C22H30N2/c1-2-18-8-10-20(11-9-18)22(16-23)21-12-14-24(15-13-21)17-19-6-4-3-5-7-19/h3-11,21-22H,2,12-17,23H2,1H3. The molecule has 1 saturated heterocycles. The van der Waals surface area contributed by atoms with Crippen LogP contribution in [0.25, 0.3) is 0 Å². The smallest absolute Gasteiger partial charge is 0.0233 e. The van der Waals surface area contributed by atoms with Crippen LogP contribution in [0.15, 0.2) is 54.6 Å². The second kappa shape index (κ2) is 8.46. The lowest BCUT2D eigenvalue weighted by Crippen LogP contribution is -2.36. The van der Waals surface area contributed by atoms with Crippen LogP contribution in [0.4, 0.5) is 0 Å². The Morgan fingerprint density at radius 2 is 1.62 bits per heavy atom. The van der Waals surface area contributed by atoms with Crippen molar-refractivity contribution in [1.82, 2.24) is 4.90 Å². The van der Waals surface area contributed by atoms with Gasteiger partial charge >= 0.3 is 0 Å². The number of likely N-dealkylation sites (tertiary alicyclic amines) is 1. The maximum absolute atomic E-state index is 6.15. The second-order valence-electron chi connectivity index (χ2n) is 7.04. The fraction of sp³-hybridized carbons (Fsp3) is 0.455. The van der Waals surface area contributed by atoms with Gasteiger partial charge in [-0.3, -0.25) is 4.90 Å². The molecule has 24 heavy (non-hydrogen) atoms. The van der Waals surface area contributed by atoms with Gasteiger partial charge in [0.25, 0.3) is 0 Å². The molecule has 1 aliphatic heterocycles. The Kier molecular flexibility index (Phi) is 6.06. The normalized spacial score (nSPS) is 17.8. The molecule has 0 saturated carbocycles. The summed E-state index contributed by atoms with van der Waals surface area (Å²) in [5, 5.41) is 0. The van der Waals surface area contributed by atoms with E-state index in [1.165, 1.54) is 42.6 Å². The van der Waals surface area contributed by atoms with Gasteiger partial charge in [-0.15, -0.1) is 0 Å². The summed E-state index contributed by atoms with van der Waals surface area (Å²) >= 11 is 0. The van der Waals surface area contributed by atoms with E-state index >= 15 is 0 Å². The first-order valence-electron chi connectivity index (χ1n) is 9.35. The van der Waals surface area contributed by atoms with Crippen LogP contribution >= 0.6 is 0 Å². The Morgan fingerprint density at radius 3 is 2.21 bits per heavy atom. The van der Waals surface area contributed by atoms with Gasteiger partial charge in [-0.2, -0.15) is 0 Å². The van der Waals surface area contributed by atoms with E-state index in [9.17, 15) is 0 Å². The number of nitrogens with zero attached hydrogens (tertiary/aromatic N) is 1. The van der Waals surface area contributed by atoms with Gasteiger partial charge in [0, 0.05) is 6.54 Å². The summed E-state index contributed by atoms with van der Waals surface area (Å²) in [5.74, 6) is 1.23. The summed E-state index contributed by atoms with van der Waals surface area (Å²) in [4.78, 5) is 2.58. The van der Waals surface area contributed by atoms with Crippen LogP contribution in [0.2, 0.25) is 0 Å². The molecule has 0 aromatic heterocycles. The average molecular weight is 322 g/mol. The van der Waals surface area contributed by atoms with Gasteiger partial charge in [0.2, 0.25) is 0 Å². The molecule has 2 aromatic carbocycles. The summed E-state index contributed by atoms with van der Waals surface area (Å²) in [5.41, 5.74) is 10.4. The van der Waals surface area contributed by atoms with E-state index in [2.05, 4.69) is 66.4 Å². The van der Waals surface area contributed by atoms with Gasteiger partial charge in [0.1, 0.15) is 0 Å². The minimum atomic E-state index is 0.509. The lowest BCUT2D eigenvalue weighted by atomic mass is 9.80. The van der Waals surface area contributed by atoms with Crippen molar-refractivity contribution in [3.05, 3.63) is 71.3 Å². The van der Waals surface area contributed by atoms with E-state index in [1.807, 2.05) is 0 Å². The van der Waals surface area contributed by atoms with E-state index in [1.54, 1.807) is 0 Å². The van der Waals surface area contributed by atoms with Gasteiger partial charge in [0.05, 0.1) is 0 Å².